The van der Waals surface area contributed by atoms with E-state index in [1.54, 1.807) is 29.5 Å². The molecule has 0 fully saturated rings. The first kappa shape index (κ1) is 7.85. The van der Waals surface area contributed by atoms with Crippen LogP contribution in [0.25, 0.3) is 11.5 Å². The molecule has 0 saturated heterocycles. The normalized spacial score (nSPS) is 10.9. The highest BCUT2D eigenvalue weighted by atomic mass is 15.5. The van der Waals surface area contributed by atoms with Gasteiger partial charge in [-0.1, -0.05) is 0 Å². The van der Waals surface area contributed by atoms with E-state index in [9.17, 15) is 0 Å². The van der Waals surface area contributed by atoms with Crippen LogP contribution in [0.2, 0.25) is 0 Å². The number of nitrogens with two attached hydrogens (primary N) is 1. The van der Waals surface area contributed by atoms with Gasteiger partial charge in [0.05, 0.1) is 30.5 Å². The van der Waals surface area contributed by atoms with Crippen molar-refractivity contribution < 1.29 is 0 Å². The molecule has 0 spiro atoms. The molecular weight excluding hydrogens is 196 g/mol. The topological polar surface area (TPSA) is 99.8 Å². The summed E-state index contributed by atoms with van der Waals surface area (Å²) in [5, 5.41) is 15.2. The second-order valence-electron chi connectivity index (χ2n) is 2.93. The molecule has 0 amide bonds. The first-order valence-corrected chi connectivity index (χ1v) is 4.17. The lowest BCUT2D eigenvalue weighted by molar-refractivity contribution is 0.746. The van der Waals surface area contributed by atoms with Crippen LogP contribution in [0.4, 0.5) is 5.69 Å². The minimum atomic E-state index is 0.557. The molecule has 0 aliphatic rings. The third kappa shape index (κ3) is 1.11. The Morgan fingerprint density at radius 1 is 1.20 bits per heavy atom. The molecule has 8 nitrogen and oxygen atoms in total. The summed E-state index contributed by atoms with van der Waals surface area (Å²) in [6.45, 7) is 0. The van der Waals surface area contributed by atoms with Crippen LogP contribution in [0.5, 0.6) is 0 Å². The van der Waals surface area contributed by atoms with Crippen molar-refractivity contribution in [3.8, 4) is 5.82 Å². The first-order valence-electron chi connectivity index (χ1n) is 4.17. The van der Waals surface area contributed by atoms with Gasteiger partial charge < -0.3 is 5.73 Å². The van der Waals surface area contributed by atoms with Gasteiger partial charge in [-0.05, 0) is 10.4 Å². The highest BCUT2D eigenvalue weighted by Crippen LogP contribution is 2.07. The Morgan fingerprint density at radius 2 is 2.13 bits per heavy atom. The van der Waals surface area contributed by atoms with Crippen molar-refractivity contribution in [3.63, 3.8) is 0 Å². The van der Waals surface area contributed by atoms with Crippen molar-refractivity contribution in [1.29, 1.82) is 0 Å². The molecule has 3 aromatic heterocycles. The van der Waals surface area contributed by atoms with Gasteiger partial charge in [-0.25, -0.2) is 4.68 Å². The number of nitrogen functional groups attached to an aromatic ring is 1. The molecule has 0 aliphatic heterocycles. The summed E-state index contributed by atoms with van der Waals surface area (Å²) in [5.41, 5.74) is 6.70. The van der Waals surface area contributed by atoms with Crippen LogP contribution in [0.3, 0.4) is 0 Å². The average molecular weight is 202 g/mol. The van der Waals surface area contributed by atoms with Gasteiger partial charge in [-0.2, -0.15) is 9.61 Å². The second kappa shape index (κ2) is 2.74. The summed E-state index contributed by atoms with van der Waals surface area (Å²) < 4.78 is 3.09. The summed E-state index contributed by atoms with van der Waals surface area (Å²) in [4.78, 5) is 4.01. The van der Waals surface area contributed by atoms with Gasteiger partial charge in [0.1, 0.15) is 0 Å². The van der Waals surface area contributed by atoms with E-state index in [1.807, 2.05) is 0 Å². The van der Waals surface area contributed by atoms with Gasteiger partial charge >= 0.3 is 0 Å². The summed E-state index contributed by atoms with van der Waals surface area (Å²) in [7, 11) is 0. The number of tetrazole rings is 1. The standard InChI is InChI=1S/C7H6N8/c8-5-1-10-14(4-5)7-3-9-2-6-11-12-13-15(6)7/h1-4H,8H2. The van der Waals surface area contributed by atoms with Crippen molar-refractivity contribution in [1.82, 2.24) is 34.8 Å². The highest BCUT2D eigenvalue weighted by molar-refractivity contribution is 5.39. The van der Waals surface area contributed by atoms with Crippen LogP contribution in [-0.4, -0.2) is 34.8 Å². The Bertz CT molecular complexity index is 608. The van der Waals surface area contributed by atoms with Crippen LogP contribution in [0.1, 0.15) is 0 Å². The number of hydrogen-bond donors (Lipinski definition) is 1. The van der Waals surface area contributed by atoms with Gasteiger partial charge in [0.25, 0.3) is 0 Å². The van der Waals surface area contributed by atoms with Crippen LogP contribution < -0.4 is 5.73 Å². The van der Waals surface area contributed by atoms with E-state index in [2.05, 4.69) is 25.6 Å². The Labute approximate surface area is 83.3 Å². The van der Waals surface area contributed by atoms with Gasteiger partial charge in [0.15, 0.2) is 11.5 Å². The van der Waals surface area contributed by atoms with Gasteiger partial charge in [0.2, 0.25) is 0 Å². The lowest BCUT2D eigenvalue weighted by atomic mass is 10.6. The largest absolute Gasteiger partial charge is 0.396 e. The monoisotopic (exact) mass is 202 g/mol. The number of hydrogen-bond acceptors (Lipinski definition) is 6. The van der Waals surface area contributed by atoms with Crippen LogP contribution in [0, 0.1) is 0 Å². The Morgan fingerprint density at radius 3 is 2.93 bits per heavy atom. The minimum Gasteiger partial charge on any atom is -0.396 e. The van der Waals surface area contributed by atoms with Gasteiger partial charge in [-0.3, -0.25) is 4.98 Å². The number of aromatic nitrogens is 7. The molecule has 0 atom stereocenters. The number of nitrogens with zero attached hydrogens (tertiary/aromatic N) is 7. The van der Waals surface area contributed by atoms with Crippen LogP contribution in [0.15, 0.2) is 24.8 Å². The van der Waals surface area contributed by atoms with Crippen molar-refractivity contribution in [2.24, 2.45) is 0 Å². The molecule has 8 heteroatoms. The van der Waals surface area contributed by atoms with E-state index < -0.39 is 0 Å². The maximum atomic E-state index is 5.57. The SMILES string of the molecule is Nc1cnn(-c2cncc3nnnn23)c1. The van der Waals surface area contributed by atoms with Crippen molar-refractivity contribution in [2.45, 2.75) is 0 Å². The molecule has 0 aromatic carbocycles. The maximum Gasteiger partial charge on any atom is 0.199 e. The molecule has 0 radical (unpaired) electrons. The molecule has 74 valence electrons. The van der Waals surface area contributed by atoms with Crippen molar-refractivity contribution in [3.05, 3.63) is 24.8 Å². The zero-order chi connectivity index (χ0) is 10.3. The molecule has 0 unspecified atom stereocenters. The predicted molar refractivity (Wildman–Crippen MR) is 50.1 cm³/mol. The lowest BCUT2D eigenvalue weighted by Crippen LogP contribution is -2.04. The molecular formula is C7H6N8. The fourth-order valence-electron chi connectivity index (χ4n) is 1.28. The summed E-state index contributed by atoms with van der Waals surface area (Å²) in [6.07, 6.45) is 6.38. The molecule has 15 heavy (non-hydrogen) atoms. The Balaban J connectivity index is 2.30. The predicted octanol–water partition coefficient (Wildman–Crippen LogP) is -0.713. The average Bonchev–Trinajstić information content (AvgIpc) is 2.84. The maximum absolute atomic E-state index is 5.57. The zero-order valence-corrected chi connectivity index (χ0v) is 7.52. The molecule has 0 bridgehead atoms. The summed E-state index contributed by atoms with van der Waals surface area (Å²) in [6, 6.07) is 0. The van der Waals surface area contributed by atoms with E-state index in [1.165, 1.54) is 4.52 Å². The van der Waals surface area contributed by atoms with Crippen LogP contribution >= 0.6 is 0 Å². The van der Waals surface area contributed by atoms with Gasteiger partial charge in [-0.15, -0.1) is 5.10 Å². The highest BCUT2D eigenvalue weighted by Gasteiger charge is 2.06. The van der Waals surface area contributed by atoms with E-state index in [4.69, 9.17) is 5.73 Å². The molecule has 2 N–H and O–H groups in total. The third-order valence-corrected chi connectivity index (χ3v) is 1.93. The molecule has 0 saturated carbocycles. The number of fused-ring (bicyclic) bond motifs is 1. The number of anilines is 1. The van der Waals surface area contributed by atoms with Crippen LogP contribution in [-0.2, 0) is 0 Å². The van der Waals surface area contributed by atoms with E-state index in [0.717, 1.165) is 0 Å². The second-order valence-corrected chi connectivity index (χ2v) is 2.93. The minimum absolute atomic E-state index is 0.557. The van der Waals surface area contributed by atoms with Crippen molar-refractivity contribution >= 4 is 11.3 Å². The van der Waals surface area contributed by atoms with Crippen molar-refractivity contribution in [2.75, 3.05) is 5.73 Å². The summed E-state index contributed by atoms with van der Waals surface area (Å²) in [5.74, 6) is 0.634. The smallest absolute Gasteiger partial charge is 0.199 e. The molecule has 3 rings (SSSR count). The molecule has 3 aromatic rings. The Hall–Kier alpha value is -2.51. The van der Waals surface area contributed by atoms with E-state index in [0.29, 0.717) is 17.2 Å². The third-order valence-electron chi connectivity index (χ3n) is 1.93. The summed E-state index contributed by atoms with van der Waals surface area (Å²) >= 11 is 0. The lowest BCUT2D eigenvalue weighted by Gasteiger charge is -2.00. The van der Waals surface area contributed by atoms with E-state index >= 15 is 0 Å². The van der Waals surface area contributed by atoms with E-state index in [-0.39, 0.29) is 0 Å². The zero-order valence-electron chi connectivity index (χ0n) is 7.52. The first-order chi connectivity index (χ1) is 7.34. The fraction of sp³-hybridized carbons (Fsp3) is 0. The number of rotatable bonds is 1. The molecule has 0 aliphatic carbocycles. The van der Waals surface area contributed by atoms with Gasteiger partial charge in [0, 0.05) is 0 Å². The quantitative estimate of drug-likeness (QED) is 0.559. The Kier molecular flexibility index (Phi) is 1.43. The fourth-order valence-corrected chi connectivity index (χ4v) is 1.28. The molecule has 3 heterocycles.